The minimum absolute atomic E-state index is 0.0150. The van der Waals surface area contributed by atoms with E-state index in [4.69, 9.17) is 14.6 Å². The number of carbonyl (C=O) groups is 3. The standard InChI is InChI=1S/C19H25N5O3.C2H4O2/c1-27-17-6-5-13(18(25)22-9-7-14-11-20-12-23-14)10-16(17)24-19(26)15-4-2-3-8-21-15;1-2(3)4/h2-4,8,11-13,16-17H,5-7,9-10H2,1H3,(H,20,23)(H,22,25)(H,24,26);1H3,(H,3,4)/t13-,16+,17+;/m0./s1. The smallest absolute Gasteiger partial charge is 0.300 e. The molecule has 1 saturated carbocycles. The number of methoxy groups -OCH3 is 1. The first-order valence-corrected chi connectivity index (χ1v) is 10.1. The van der Waals surface area contributed by atoms with E-state index in [9.17, 15) is 9.59 Å². The average molecular weight is 431 g/mol. The van der Waals surface area contributed by atoms with Gasteiger partial charge in [0.15, 0.2) is 0 Å². The fourth-order valence-corrected chi connectivity index (χ4v) is 3.44. The number of amides is 2. The lowest BCUT2D eigenvalue weighted by Gasteiger charge is -2.35. The molecular formula is C21H29N5O5. The molecular weight excluding hydrogens is 402 g/mol. The Morgan fingerprint density at radius 3 is 2.68 bits per heavy atom. The maximum absolute atomic E-state index is 12.5. The first-order valence-electron chi connectivity index (χ1n) is 10.1. The van der Waals surface area contributed by atoms with Crippen LogP contribution in [0.25, 0.3) is 0 Å². The molecule has 1 aliphatic rings. The molecule has 10 nitrogen and oxygen atoms in total. The zero-order valence-corrected chi connectivity index (χ0v) is 17.7. The van der Waals surface area contributed by atoms with Crippen molar-refractivity contribution in [2.75, 3.05) is 13.7 Å². The van der Waals surface area contributed by atoms with Gasteiger partial charge in [0.2, 0.25) is 5.91 Å². The Hall–Kier alpha value is -3.27. The minimum atomic E-state index is -0.833. The topological polar surface area (TPSA) is 146 Å². The summed E-state index contributed by atoms with van der Waals surface area (Å²) in [6.07, 6.45) is 7.57. The van der Waals surface area contributed by atoms with Gasteiger partial charge in [-0.2, -0.15) is 0 Å². The number of aromatic amines is 1. The summed E-state index contributed by atoms with van der Waals surface area (Å²) in [5, 5.41) is 13.4. The number of rotatable bonds is 7. The van der Waals surface area contributed by atoms with Crippen molar-refractivity contribution in [3.05, 3.63) is 48.3 Å². The summed E-state index contributed by atoms with van der Waals surface area (Å²) in [5.41, 5.74) is 1.34. The number of imidazole rings is 1. The highest BCUT2D eigenvalue weighted by Crippen LogP contribution is 2.27. The lowest BCUT2D eigenvalue weighted by Crippen LogP contribution is -2.50. The molecule has 0 aromatic carbocycles. The normalized spacial score (nSPS) is 20.1. The van der Waals surface area contributed by atoms with E-state index in [0.29, 0.717) is 25.1 Å². The molecule has 2 heterocycles. The Morgan fingerprint density at radius 2 is 2.06 bits per heavy atom. The van der Waals surface area contributed by atoms with Gasteiger partial charge in [0.25, 0.3) is 11.9 Å². The lowest BCUT2D eigenvalue weighted by molar-refractivity contribution is -0.134. The van der Waals surface area contributed by atoms with Crippen LogP contribution in [0.5, 0.6) is 0 Å². The number of carboxylic acids is 1. The number of pyridine rings is 1. The minimum Gasteiger partial charge on any atom is -0.481 e. The van der Waals surface area contributed by atoms with Gasteiger partial charge in [0, 0.05) is 51.0 Å². The second-order valence-corrected chi connectivity index (χ2v) is 7.22. The predicted molar refractivity (Wildman–Crippen MR) is 112 cm³/mol. The monoisotopic (exact) mass is 431 g/mol. The van der Waals surface area contributed by atoms with Gasteiger partial charge in [-0.25, -0.2) is 4.98 Å². The van der Waals surface area contributed by atoms with Crippen molar-refractivity contribution >= 4 is 17.8 Å². The molecule has 1 fully saturated rings. The number of nitrogens with zero attached hydrogens (tertiary/aromatic N) is 2. The fraction of sp³-hybridized carbons (Fsp3) is 0.476. The molecule has 2 aromatic rings. The lowest BCUT2D eigenvalue weighted by atomic mass is 9.83. The van der Waals surface area contributed by atoms with Crippen molar-refractivity contribution in [2.24, 2.45) is 5.92 Å². The third kappa shape index (κ3) is 8.17. The van der Waals surface area contributed by atoms with Gasteiger partial charge in [-0.15, -0.1) is 0 Å². The van der Waals surface area contributed by atoms with Crippen LogP contribution in [-0.4, -0.2) is 63.6 Å². The molecule has 0 saturated heterocycles. The largest absolute Gasteiger partial charge is 0.481 e. The summed E-state index contributed by atoms with van der Waals surface area (Å²) in [7, 11) is 1.63. The Kier molecular flexibility index (Phi) is 9.63. The number of carbonyl (C=O) groups excluding carboxylic acids is 2. The molecule has 1 aliphatic carbocycles. The number of ether oxygens (including phenoxy) is 1. The first kappa shape index (κ1) is 24.0. The van der Waals surface area contributed by atoms with Gasteiger partial charge < -0.3 is 25.5 Å². The van der Waals surface area contributed by atoms with E-state index in [-0.39, 0.29) is 29.9 Å². The third-order valence-electron chi connectivity index (χ3n) is 4.92. The molecule has 3 atom stereocenters. The highest BCUT2D eigenvalue weighted by Gasteiger charge is 2.35. The van der Waals surface area contributed by atoms with E-state index in [2.05, 4.69) is 25.6 Å². The molecule has 4 N–H and O–H groups in total. The van der Waals surface area contributed by atoms with Crippen molar-refractivity contribution < 1.29 is 24.2 Å². The maximum Gasteiger partial charge on any atom is 0.300 e. The van der Waals surface area contributed by atoms with Crippen molar-refractivity contribution in [1.29, 1.82) is 0 Å². The number of carboxylic acid groups (broad SMARTS) is 1. The van der Waals surface area contributed by atoms with E-state index in [1.807, 2.05) is 0 Å². The SMILES string of the molecule is CC(=O)O.CO[C@@H]1CC[C@H](C(=O)NCCc2cnc[nH]2)C[C@H]1NC(=O)c1ccccn1. The molecule has 2 aromatic heterocycles. The molecule has 0 radical (unpaired) electrons. The van der Waals surface area contributed by atoms with Crippen molar-refractivity contribution in [3.8, 4) is 0 Å². The quantitative estimate of drug-likeness (QED) is 0.514. The molecule has 2 amide bonds. The third-order valence-corrected chi connectivity index (χ3v) is 4.92. The molecule has 10 heteroatoms. The van der Waals surface area contributed by atoms with Crippen LogP contribution in [0.2, 0.25) is 0 Å². The average Bonchev–Trinajstić information content (AvgIpc) is 3.27. The van der Waals surface area contributed by atoms with E-state index in [1.165, 1.54) is 0 Å². The van der Waals surface area contributed by atoms with Gasteiger partial charge >= 0.3 is 0 Å². The second kappa shape index (κ2) is 12.4. The van der Waals surface area contributed by atoms with Gasteiger partial charge in [-0.3, -0.25) is 19.4 Å². The summed E-state index contributed by atoms with van der Waals surface area (Å²) >= 11 is 0. The molecule has 31 heavy (non-hydrogen) atoms. The van der Waals surface area contributed by atoms with Crippen LogP contribution in [0.15, 0.2) is 36.9 Å². The molecule has 0 bridgehead atoms. The number of nitrogens with one attached hydrogen (secondary N) is 3. The van der Waals surface area contributed by atoms with E-state index < -0.39 is 5.97 Å². The molecule has 0 aliphatic heterocycles. The summed E-state index contributed by atoms with van der Waals surface area (Å²) in [6, 6.07) is 4.98. The summed E-state index contributed by atoms with van der Waals surface area (Å²) in [5.74, 6) is -1.21. The fourth-order valence-electron chi connectivity index (χ4n) is 3.44. The molecule has 0 spiro atoms. The van der Waals surface area contributed by atoms with Crippen LogP contribution in [0.3, 0.4) is 0 Å². The van der Waals surface area contributed by atoms with Gasteiger partial charge in [-0.05, 0) is 31.4 Å². The number of aromatic nitrogens is 3. The Morgan fingerprint density at radius 1 is 1.29 bits per heavy atom. The number of hydrogen-bond donors (Lipinski definition) is 4. The van der Waals surface area contributed by atoms with Crippen molar-refractivity contribution in [1.82, 2.24) is 25.6 Å². The molecule has 0 unspecified atom stereocenters. The van der Waals surface area contributed by atoms with Crippen LogP contribution in [0.1, 0.15) is 42.4 Å². The zero-order chi connectivity index (χ0) is 22.6. The van der Waals surface area contributed by atoms with Crippen LogP contribution in [-0.2, 0) is 20.7 Å². The summed E-state index contributed by atoms with van der Waals surface area (Å²) < 4.78 is 5.52. The number of aliphatic carboxylic acids is 1. The van der Waals surface area contributed by atoms with Crippen molar-refractivity contribution in [3.63, 3.8) is 0 Å². The summed E-state index contributed by atoms with van der Waals surface area (Å²) in [4.78, 5) is 45.0. The zero-order valence-electron chi connectivity index (χ0n) is 17.7. The van der Waals surface area contributed by atoms with E-state index in [1.54, 1.807) is 44.0 Å². The van der Waals surface area contributed by atoms with Crippen LogP contribution < -0.4 is 10.6 Å². The van der Waals surface area contributed by atoms with Crippen LogP contribution in [0.4, 0.5) is 0 Å². The Bertz CT molecular complexity index is 824. The van der Waals surface area contributed by atoms with Gasteiger partial charge in [0.1, 0.15) is 5.69 Å². The summed E-state index contributed by atoms with van der Waals surface area (Å²) in [6.45, 7) is 1.64. The van der Waals surface area contributed by atoms with Crippen LogP contribution in [0, 0.1) is 5.92 Å². The second-order valence-electron chi connectivity index (χ2n) is 7.22. The highest BCUT2D eigenvalue weighted by atomic mass is 16.5. The first-order chi connectivity index (χ1) is 14.9. The van der Waals surface area contributed by atoms with Gasteiger partial charge in [0.05, 0.1) is 18.5 Å². The van der Waals surface area contributed by atoms with Crippen molar-refractivity contribution in [2.45, 2.75) is 44.8 Å². The number of hydrogen-bond acceptors (Lipinski definition) is 6. The predicted octanol–water partition coefficient (Wildman–Crippen LogP) is 1.17. The highest BCUT2D eigenvalue weighted by molar-refractivity contribution is 5.92. The van der Waals surface area contributed by atoms with Crippen LogP contribution >= 0.6 is 0 Å². The van der Waals surface area contributed by atoms with E-state index >= 15 is 0 Å². The Balaban J connectivity index is 0.000000785. The molecule has 3 rings (SSSR count). The van der Waals surface area contributed by atoms with Gasteiger partial charge in [-0.1, -0.05) is 6.07 Å². The van der Waals surface area contributed by atoms with E-state index in [0.717, 1.165) is 25.5 Å². The number of H-pyrrole nitrogens is 1. The molecule has 168 valence electrons. The Labute approximate surface area is 180 Å². The maximum atomic E-state index is 12.5.